The molecular weight excluding hydrogens is 376 g/mol. The fraction of sp³-hybridized carbons (Fsp3) is 0.136. The number of amides is 1. The molecule has 0 saturated carbocycles. The summed E-state index contributed by atoms with van der Waals surface area (Å²) >= 11 is 8.01. The van der Waals surface area contributed by atoms with Gasteiger partial charge in [-0.05, 0) is 34.7 Å². The molecule has 3 nitrogen and oxygen atoms in total. The summed E-state index contributed by atoms with van der Waals surface area (Å²) in [5, 5.41) is 2.76. The Morgan fingerprint density at radius 2 is 1.81 bits per heavy atom. The topological polar surface area (TPSA) is 25.2 Å². The summed E-state index contributed by atoms with van der Waals surface area (Å²) in [7, 11) is 1.84. The van der Waals surface area contributed by atoms with Crippen molar-refractivity contribution >= 4 is 39.1 Å². The van der Waals surface area contributed by atoms with Crippen LogP contribution < -0.4 is 0 Å². The summed E-state index contributed by atoms with van der Waals surface area (Å²) in [6.45, 7) is 1.14. The van der Waals surface area contributed by atoms with Crippen molar-refractivity contribution in [2.75, 3.05) is 7.05 Å². The van der Waals surface area contributed by atoms with Gasteiger partial charge >= 0.3 is 0 Å². The predicted octanol–water partition coefficient (Wildman–Crippen LogP) is 5.68. The molecular formula is C22H19ClN2OS. The van der Waals surface area contributed by atoms with Crippen LogP contribution in [-0.2, 0) is 13.1 Å². The number of rotatable bonds is 5. The molecule has 0 aliphatic heterocycles. The molecule has 4 rings (SSSR count). The first-order valence-electron chi connectivity index (χ1n) is 8.73. The minimum Gasteiger partial charge on any atom is -0.336 e. The van der Waals surface area contributed by atoms with Crippen LogP contribution >= 0.6 is 22.9 Å². The Balaban J connectivity index is 1.68. The van der Waals surface area contributed by atoms with Gasteiger partial charge in [0.1, 0.15) is 5.69 Å². The third kappa shape index (κ3) is 3.64. The summed E-state index contributed by atoms with van der Waals surface area (Å²) in [6.07, 6.45) is 0. The zero-order valence-corrected chi connectivity index (χ0v) is 16.5. The van der Waals surface area contributed by atoms with E-state index in [-0.39, 0.29) is 5.91 Å². The molecule has 2 aromatic heterocycles. The quantitative estimate of drug-likeness (QED) is 0.427. The Hall–Kier alpha value is -2.56. The average molecular weight is 395 g/mol. The van der Waals surface area contributed by atoms with Crippen LogP contribution in [0.2, 0.25) is 5.02 Å². The van der Waals surface area contributed by atoms with Crippen LogP contribution in [0.5, 0.6) is 0 Å². The van der Waals surface area contributed by atoms with E-state index in [2.05, 4.69) is 16.0 Å². The number of carbonyl (C=O) groups is 1. The molecule has 0 unspecified atom stereocenters. The molecule has 5 heteroatoms. The fourth-order valence-electron chi connectivity index (χ4n) is 3.25. The standard InChI is InChI=1S/C22H19ClN2OS/c1-24(14-16-7-3-2-4-8-16)22(26)20-13-21-19(11-12-27-21)25(20)15-17-9-5-6-10-18(17)23/h2-13H,14-15H2,1H3. The minimum atomic E-state index is 0.00862. The van der Waals surface area contributed by atoms with Gasteiger partial charge in [0.15, 0.2) is 0 Å². The SMILES string of the molecule is CN(Cc1ccccc1)C(=O)c1cc2sccc2n1Cc1ccccc1Cl. The summed E-state index contributed by atoms with van der Waals surface area (Å²) in [4.78, 5) is 15.0. The molecule has 0 saturated heterocycles. The second kappa shape index (κ2) is 7.59. The number of thiophene rings is 1. The maximum Gasteiger partial charge on any atom is 0.270 e. The van der Waals surface area contributed by atoms with Crippen LogP contribution in [0, 0.1) is 0 Å². The van der Waals surface area contributed by atoms with Crippen LogP contribution in [0.4, 0.5) is 0 Å². The largest absolute Gasteiger partial charge is 0.336 e. The number of halogens is 1. The Labute approximate surface area is 167 Å². The maximum atomic E-state index is 13.2. The highest BCUT2D eigenvalue weighted by atomic mass is 35.5. The Kier molecular flexibility index (Phi) is 5.01. The van der Waals surface area contributed by atoms with Crippen LogP contribution in [0.3, 0.4) is 0 Å². The molecule has 136 valence electrons. The Morgan fingerprint density at radius 3 is 2.59 bits per heavy atom. The van der Waals surface area contributed by atoms with Crippen molar-refractivity contribution in [3.05, 3.63) is 94.0 Å². The first kappa shape index (κ1) is 17.8. The molecule has 0 radical (unpaired) electrons. The van der Waals surface area contributed by atoms with Crippen LogP contribution in [-0.4, -0.2) is 22.4 Å². The number of carbonyl (C=O) groups excluding carboxylic acids is 1. The monoisotopic (exact) mass is 394 g/mol. The van der Waals surface area contributed by atoms with Gasteiger partial charge in [-0.1, -0.05) is 60.1 Å². The molecule has 0 spiro atoms. The molecule has 1 amide bonds. The van der Waals surface area contributed by atoms with Crippen molar-refractivity contribution in [3.63, 3.8) is 0 Å². The molecule has 0 bridgehead atoms. The van der Waals surface area contributed by atoms with E-state index in [1.54, 1.807) is 16.2 Å². The third-order valence-corrected chi connectivity index (χ3v) is 5.86. The molecule has 2 heterocycles. The lowest BCUT2D eigenvalue weighted by atomic mass is 10.2. The Bertz CT molecular complexity index is 1080. The summed E-state index contributed by atoms with van der Waals surface area (Å²) in [6, 6.07) is 21.8. The molecule has 0 atom stereocenters. The van der Waals surface area contributed by atoms with E-state index < -0.39 is 0 Å². The predicted molar refractivity (Wildman–Crippen MR) is 113 cm³/mol. The van der Waals surface area contributed by atoms with Gasteiger partial charge in [-0.15, -0.1) is 11.3 Å². The van der Waals surface area contributed by atoms with Gasteiger partial charge < -0.3 is 9.47 Å². The fourth-order valence-corrected chi connectivity index (χ4v) is 4.26. The number of aromatic nitrogens is 1. The van der Waals surface area contributed by atoms with Crippen molar-refractivity contribution in [1.29, 1.82) is 0 Å². The lowest BCUT2D eigenvalue weighted by molar-refractivity contribution is 0.0775. The van der Waals surface area contributed by atoms with E-state index in [0.717, 1.165) is 21.3 Å². The van der Waals surface area contributed by atoms with Gasteiger partial charge in [0.05, 0.1) is 10.2 Å². The zero-order valence-electron chi connectivity index (χ0n) is 14.9. The number of fused-ring (bicyclic) bond motifs is 1. The molecule has 0 aliphatic carbocycles. The molecule has 27 heavy (non-hydrogen) atoms. The maximum absolute atomic E-state index is 13.2. The molecule has 4 aromatic rings. The third-order valence-electron chi connectivity index (χ3n) is 4.64. The van der Waals surface area contributed by atoms with Gasteiger partial charge in [-0.25, -0.2) is 0 Å². The first-order valence-corrected chi connectivity index (χ1v) is 9.99. The number of benzene rings is 2. The highest BCUT2D eigenvalue weighted by molar-refractivity contribution is 7.17. The summed E-state index contributed by atoms with van der Waals surface area (Å²) in [5.41, 5.74) is 3.87. The van der Waals surface area contributed by atoms with Crippen molar-refractivity contribution in [2.24, 2.45) is 0 Å². The average Bonchev–Trinajstić information content (AvgIpc) is 3.26. The molecule has 2 aromatic carbocycles. The highest BCUT2D eigenvalue weighted by Crippen LogP contribution is 2.28. The van der Waals surface area contributed by atoms with Gasteiger partial charge in [0.2, 0.25) is 0 Å². The summed E-state index contributed by atoms with van der Waals surface area (Å²) in [5.74, 6) is 0.00862. The normalized spacial score (nSPS) is 11.0. The molecule has 0 aliphatic rings. The van der Waals surface area contributed by atoms with E-state index in [4.69, 9.17) is 11.6 Å². The summed E-state index contributed by atoms with van der Waals surface area (Å²) < 4.78 is 3.18. The van der Waals surface area contributed by atoms with Gasteiger partial charge in [-0.3, -0.25) is 4.79 Å². The smallest absolute Gasteiger partial charge is 0.270 e. The van der Waals surface area contributed by atoms with E-state index in [9.17, 15) is 4.79 Å². The Morgan fingerprint density at radius 1 is 1.07 bits per heavy atom. The number of nitrogens with zero attached hydrogens (tertiary/aromatic N) is 2. The van der Waals surface area contributed by atoms with Crippen LogP contribution in [0.15, 0.2) is 72.1 Å². The van der Waals surface area contributed by atoms with E-state index >= 15 is 0 Å². The zero-order chi connectivity index (χ0) is 18.8. The van der Waals surface area contributed by atoms with Gasteiger partial charge in [-0.2, -0.15) is 0 Å². The van der Waals surface area contributed by atoms with Crippen molar-refractivity contribution in [2.45, 2.75) is 13.1 Å². The van der Waals surface area contributed by atoms with E-state index in [0.29, 0.717) is 23.8 Å². The second-order valence-corrected chi connectivity index (χ2v) is 7.88. The second-order valence-electron chi connectivity index (χ2n) is 6.52. The van der Waals surface area contributed by atoms with Gasteiger partial charge in [0.25, 0.3) is 5.91 Å². The van der Waals surface area contributed by atoms with Crippen molar-refractivity contribution in [1.82, 2.24) is 9.47 Å². The van der Waals surface area contributed by atoms with Crippen LogP contribution in [0.1, 0.15) is 21.6 Å². The number of hydrogen-bond acceptors (Lipinski definition) is 2. The van der Waals surface area contributed by atoms with Crippen molar-refractivity contribution < 1.29 is 4.79 Å². The van der Waals surface area contributed by atoms with Crippen molar-refractivity contribution in [3.8, 4) is 0 Å². The highest BCUT2D eigenvalue weighted by Gasteiger charge is 2.20. The van der Waals surface area contributed by atoms with E-state index in [1.807, 2.05) is 67.7 Å². The lowest BCUT2D eigenvalue weighted by Gasteiger charge is -2.19. The number of hydrogen-bond donors (Lipinski definition) is 0. The van der Waals surface area contributed by atoms with Crippen LogP contribution in [0.25, 0.3) is 10.2 Å². The lowest BCUT2D eigenvalue weighted by Crippen LogP contribution is -2.28. The molecule has 0 fully saturated rings. The first-order chi connectivity index (χ1) is 13.1. The van der Waals surface area contributed by atoms with Gasteiger partial charge in [0, 0.05) is 25.2 Å². The molecule has 0 N–H and O–H groups in total. The minimum absolute atomic E-state index is 0.00862. The van der Waals surface area contributed by atoms with E-state index in [1.165, 1.54) is 0 Å².